The Balaban J connectivity index is 1.76. The van der Waals surface area contributed by atoms with Gasteiger partial charge < -0.3 is 24.8 Å². The number of likely N-dealkylation sites (N-methyl/N-ethyl adjacent to an activating group) is 1. The number of carbonyl (C=O) groups excluding carboxylic acids is 2. The SMILES string of the molecule is COc1cccc(OCC(=O)N[C@@H]2CCN(CC(=O)N(C)C)C[C@H]2O)c1. The van der Waals surface area contributed by atoms with E-state index >= 15 is 0 Å². The molecule has 1 aromatic carbocycles. The first kappa shape index (κ1) is 20.0. The highest BCUT2D eigenvalue weighted by atomic mass is 16.5. The van der Waals surface area contributed by atoms with Crippen molar-refractivity contribution in [3.8, 4) is 11.5 Å². The van der Waals surface area contributed by atoms with Crippen molar-refractivity contribution in [1.29, 1.82) is 0 Å². The van der Waals surface area contributed by atoms with E-state index in [9.17, 15) is 14.7 Å². The summed E-state index contributed by atoms with van der Waals surface area (Å²) >= 11 is 0. The van der Waals surface area contributed by atoms with Crippen molar-refractivity contribution in [3.05, 3.63) is 24.3 Å². The Hall–Kier alpha value is -2.32. The van der Waals surface area contributed by atoms with Gasteiger partial charge in [0.15, 0.2) is 6.61 Å². The van der Waals surface area contributed by atoms with Gasteiger partial charge >= 0.3 is 0 Å². The average Bonchev–Trinajstić information content (AvgIpc) is 2.62. The number of methoxy groups -OCH3 is 1. The minimum atomic E-state index is -0.723. The highest BCUT2D eigenvalue weighted by molar-refractivity contribution is 5.78. The molecule has 26 heavy (non-hydrogen) atoms. The largest absolute Gasteiger partial charge is 0.497 e. The zero-order valence-electron chi connectivity index (χ0n) is 15.5. The molecule has 0 saturated carbocycles. The summed E-state index contributed by atoms with van der Waals surface area (Å²) in [6.45, 7) is 1.11. The summed E-state index contributed by atoms with van der Waals surface area (Å²) in [5.74, 6) is 0.885. The summed E-state index contributed by atoms with van der Waals surface area (Å²) in [5, 5.41) is 13.1. The van der Waals surface area contributed by atoms with Crippen molar-refractivity contribution in [2.75, 3.05) is 47.4 Å². The molecular weight excluding hydrogens is 338 g/mol. The summed E-state index contributed by atoms with van der Waals surface area (Å²) in [7, 11) is 4.97. The lowest BCUT2D eigenvalue weighted by Gasteiger charge is -2.36. The number of amides is 2. The number of likely N-dealkylation sites (tertiary alicyclic amines) is 1. The van der Waals surface area contributed by atoms with Crippen LogP contribution in [0.2, 0.25) is 0 Å². The summed E-state index contributed by atoms with van der Waals surface area (Å²) in [6.07, 6.45) is -0.147. The molecule has 0 aromatic heterocycles. The van der Waals surface area contributed by atoms with Gasteiger partial charge in [0, 0.05) is 33.3 Å². The van der Waals surface area contributed by atoms with Crippen LogP contribution in [-0.2, 0) is 9.59 Å². The minimum Gasteiger partial charge on any atom is -0.497 e. The molecule has 8 nitrogen and oxygen atoms in total. The van der Waals surface area contributed by atoms with Crippen molar-refractivity contribution in [1.82, 2.24) is 15.1 Å². The molecule has 8 heteroatoms. The second-order valence-electron chi connectivity index (χ2n) is 6.52. The molecule has 1 aliphatic rings. The van der Waals surface area contributed by atoms with Gasteiger partial charge in [-0.25, -0.2) is 0 Å². The van der Waals surface area contributed by atoms with Gasteiger partial charge in [-0.1, -0.05) is 6.07 Å². The van der Waals surface area contributed by atoms with E-state index < -0.39 is 6.10 Å². The topological polar surface area (TPSA) is 91.3 Å². The molecule has 1 aliphatic heterocycles. The molecule has 0 aliphatic carbocycles. The first-order valence-electron chi connectivity index (χ1n) is 8.56. The van der Waals surface area contributed by atoms with E-state index in [-0.39, 0.29) is 31.0 Å². The summed E-state index contributed by atoms with van der Waals surface area (Å²) in [5.41, 5.74) is 0. The van der Waals surface area contributed by atoms with Crippen LogP contribution >= 0.6 is 0 Å². The monoisotopic (exact) mass is 365 g/mol. The molecule has 2 atom stereocenters. The minimum absolute atomic E-state index is 0.00799. The second kappa shape index (κ2) is 9.40. The van der Waals surface area contributed by atoms with E-state index in [0.29, 0.717) is 31.0 Å². The Morgan fingerprint density at radius 2 is 2.08 bits per heavy atom. The fourth-order valence-corrected chi connectivity index (χ4v) is 2.73. The summed E-state index contributed by atoms with van der Waals surface area (Å²) in [4.78, 5) is 27.2. The van der Waals surface area contributed by atoms with E-state index in [1.807, 2.05) is 4.90 Å². The Morgan fingerprint density at radius 3 is 2.73 bits per heavy atom. The molecule has 2 rings (SSSR count). The van der Waals surface area contributed by atoms with Gasteiger partial charge in [0.1, 0.15) is 11.5 Å². The Bertz CT molecular complexity index is 623. The number of ether oxygens (including phenoxy) is 2. The maximum Gasteiger partial charge on any atom is 0.258 e. The number of rotatable bonds is 7. The molecule has 0 spiro atoms. The van der Waals surface area contributed by atoms with Crippen molar-refractivity contribution >= 4 is 11.8 Å². The molecule has 1 fully saturated rings. The predicted octanol–water partition coefficient (Wildman–Crippen LogP) is -0.286. The third-order valence-electron chi connectivity index (χ3n) is 4.28. The second-order valence-corrected chi connectivity index (χ2v) is 6.52. The van der Waals surface area contributed by atoms with Gasteiger partial charge in [0.05, 0.1) is 25.8 Å². The zero-order valence-corrected chi connectivity index (χ0v) is 15.5. The first-order chi connectivity index (χ1) is 12.4. The predicted molar refractivity (Wildman–Crippen MR) is 96.2 cm³/mol. The molecular formula is C18H27N3O5. The first-order valence-corrected chi connectivity index (χ1v) is 8.56. The van der Waals surface area contributed by atoms with Crippen LogP contribution in [0.1, 0.15) is 6.42 Å². The van der Waals surface area contributed by atoms with Gasteiger partial charge in [-0.2, -0.15) is 0 Å². The molecule has 2 N–H and O–H groups in total. The number of hydrogen-bond donors (Lipinski definition) is 2. The van der Waals surface area contributed by atoms with Crippen molar-refractivity contribution < 1.29 is 24.2 Å². The number of β-amino-alcohol motifs (C(OH)–C–C–N with tert-alkyl or cyclic N) is 1. The lowest BCUT2D eigenvalue weighted by molar-refractivity contribution is -0.131. The number of aliphatic hydroxyl groups is 1. The van der Waals surface area contributed by atoms with E-state index in [1.54, 1.807) is 45.5 Å². The number of nitrogens with zero attached hydrogens (tertiary/aromatic N) is 2. The number of hydrogen-bond acceptors (Lipinski definition) is 6. The van der Waals surface area contributed by atoms with Crippen LogP contribution in [-0.4, -0.2) is 86.3 Å². The molecule has 0 radical (unpaired) electrons. The van der Waals surface area contributed by atoms with E-state index in [2.05, 4.69) is 5.32 Å². The van der Waals surface area contributed by atoms with Gasteiger partial charge in [-0.15, -0.1) is 0 Å². The molecule has 1 saturated heterocycles. The highest BCUT2D eigenvalue weighted by Gasteiger charge is 2.29. The quantitative estimate of drug-likeness (QED) is 0.690. The van der Waals surface area contributed by atoms with Crippen LogP contribution < -0.4 is 14.8 Å². The molecule has 0 unspecified atom stereocenters. The number of carbonyl (C=O) groups is 2. The van der Waals surface area contributed by atoms with E-state index in [0.717, 1.165) is 0 Å². The van der Waals surface area contributed by atoms with Crippen LogP contribution in [0.3, 0.4) is 0 Å². The Labute approximate surface area is 153 Å². The van der Waals surface area contributed by atoms with Crippen LogP contribution in [0.5, 0.6) is 11.5 Å². The Kier molecular flexibility index (Phi) is 7.23. The van der Waals surface area contributed by atoms with Gasteiger partial charge in [-0.05, 0) is 18.6 Å². The van der Waals surface area contributed by atoms with Gasteiger partial charge in [0.2, 0.25) is 5.91 Å². The molecule has 2 amide bonds. The fourth-order valence-electron chi connectivity index (χ4n) is 2.73. The lowest BCUT2D eigenvalue weighted by atomic mass is 10.0. The maximum atomic E-state index is 12.1. The molecule has 1 aromatic rings. The fraction of sp³-hybridized carbons (Fsp3) is 0.556. The average molecular weight is 365 g/mol. The van der Waals surface area contributed by atoms with Crippen LogP contribution in [0, 0.1) is 0 Å². The Morgan fingerprint density at radius 1 is 1.35 bits per heavy atom. The highest BCUT2D eigenvalue weighted by Crippen LogP contribution is 2.18. The number of aliphatic hydroxyl groups excluding tert-OH is 1. The maximum absolute atomic E-state index is 12.1. The number of nitrogens with one attached hydrogen (secondary N) is 1. The summed E-state index contributed by atoms with van der Waals surface area (Å²) in [6, 6.07) is 6.66. The van der Waals surface area contributed by atoms with Gasteiger partial charge in [-0.3, -0.25) is 14.5 Å². The van der Waals surface area contributed by atoms with Crippen molar-refractivity contribution in [3.63, 3.8) is 0 Å². The molecule has 144 valence electrons. The lowest BCUT2D eigenvalue weighted by Crippen LogP contribution is -2.56. The van der Waals surface area contributed by atoms with E-state index in [1.165, 1.54) is 4.90 Å². The van der Waals surface area contributed by atoms with Crippen molar-refractivity contribution in [2.24, 2.45) is 0 Å². The van der Waals surface area contributed by atoms with E-state index in [4.69, 9.17) is 9.47 Å². The normalized spacial score (nSPS) is 20.3. The van der Waals surface area contributed by atoms with Crippen LogP contribution in [0.4, 0.5) is 0 Å². The zero-order chi connectivity index (χ0) is 19.1. The summed E-state index contributed by atoms with van der Waals surface area (Å²) < 4.78 is 10.6. The number of piperidine rings is 1. The van der Waals surface area contributed by atoms with Crippen LogP contribution in [0.25, 0.3) is 0 Å². The third-order valence-corrected chi connectivity index (χ3v) is 4.28. The smallest absolute Gasteiger partial charge is 0.258 e. The standard InChI is InChI=1S/C18H27N3O5/c1-20(2)18(24)11-21-8-7-15(16(22)10-21)19-17(23)12-26-14-6-4-5-13(9-14)25-3/h4-6,9,15-16,22H,7-8,10-12H2,1-3H3,(H,19,23)/t15-,16-/m1/s1. The van der Waals surface area contributed by atoms with Gasteiger partial charge in [0.25, 0.3) is 5.91 Å². The third kappa shape index (κ3) is 5.89. The molecule has 1 heterocycles. The number of benzene rings is 1. The van der Waals surface area contributed by atoms with Crippen molar-refractivity contribution in [2.45, 2.75) is 18.6 Å². The van der Waals surface area contributed by atoms with Crippen LogP contribution in [0.15, 0.2) is 24.3 Å². The molecule has 0 bridgehead atoms.